The molecule has 0 atom stereocenters. The van der Waals surface area contributed by atoms with E-state index in [0.29, 0.717) is 0 Å². The van der Waals surface area contributed by atoms with Crippen molar-refractivity contribution in [1.82, 2.24) is 9.97 Å². The van der Waals surface area contributed by atoms with Gasteiger partial charge in [0, 0.05) is 31.5 Å². The Morgan fingerprint density at radius 1 is 1.44 bits per heavy atom. The zero-order chi connectivity index (χ0) is 11.8. The fourth-order valence-electron chi connectivity index (χ4n) is 1.23. The number of nitrogens with one attached hydrogen (secondary N) is 1. The number of anilines is 1. The zero-order valence-electron chi connectivity index (χ0n) is 9.79. The van der Waals surface area contributed by atoms with Gasteiger partial charge < -0.3 is 10.1 Å². The molecule has 0 aliphatic carbocycles. The van der Waals surface area contributed by atoms with Crippen LogP contribution < -0.4 is 5.32 Å². The van der Waals surface area contributed by atoms with Crippen LogP contribution in [0.5, 0.6) is 0 Å². The zero-order valence-corrected chi connectivity index (χ0v) is 10.5. The molecule has 0 radical (unpaired) electrons. The Balaban J connectivity index is 2.23. The largest absolute Gasteiger partial charge is 0.381 e. The van der Waals surface area contributed by atoms with Gasteiger partial charge in [0.25, 0.3) is 0 Å². The average Bonchev–Trinajstić information content (AvgIpc) is 2.28. The summed E-state index contributed by atoms with van der Waals surface area (Å²) < 4.78 is 5.38. The molecular formula is C11H18ClN3O. The van der Waals surface area contributed by atoms with E-state index >= 15 is 0 Å². The highest BCUT2D eigenvalue weighted by molar-refractivity contribution is 6.28. The summed E-state index contributed by atoms with van der Waals surface area (Å²) in [7, 11) is 0. The molecule has 0 amide bonds. The fraction of sp³-hybridized carbons (Fsp3) is 0.636. The first-order valence-corrected chi connectivity index (χ1v) is 5.92. The molecule has 0 aliphatic heterocycles. The van der Waals surface area contributed by atoms with Gasteiger partial charge in [-0.25, -0.2) is 9.97 Å². The van der Waals surface area contributed by atoms with Gasteiger partial charge >= 0.3 is 0 Å². The summed E-state index contributed by atoms with van der Waals surface area (Å²) in [6, 6.07) is 0. The van der Waals surface area contributed by atoms with Gasteiger partial charge in [-0.15, -0.1) is 0 Å². The number of aryl methyl sites for hydroxylation is 1. The molecule has 0 aromatic carbocycles. The lowest BCUT2D eigenvalue weighted by molar-refractivity contribution is 0.134. The molecule has 0 saturated carbocycles. The van der Waals surface area contributed by atoms with E-state index in [1.54, 1.807) is 6.20 Å². The van der Waals surface area contributed by atoms with Crippen molar-refractivity contribution in [3.8, 4) is 0 Å². The van der Waals surface area contributed by atoms with E-state index in [-0.39, 0.29) is 5.28 Å². The average molecular weight is 244 g/mol. The summed E-state index contributed by atoms with van der Waals surface area (Å²) in [6.07, 6.45) is 3.74. The lowest BCUT2D eigenvalue weighted by Crippen LogP contribution is -2.08. The molecule has 1 heterocycles. The molecule has 1 aromatic rings. The lowest BCUT2D eigenvalue weighted by atomic mass is 10.3. The fourth-order valence-corrected chi connectivity index (χ4v) is 1.36. The Morgan fingerprint density at radius 2 is 2.25 bits per heavy atom. The van der Waals surface area contributed by atoms with E-state index in [1.807, 2.05) is 6.92 Å². The summed E-state index contributed by atoms with van der Waals surface area (Å²) in [6.45, 7) is 6.49. The van der Waals surface area contributed by atoms with Crippen LogP contribution in [-0.2, 0) is 4.74 Å². The maximum absolute atomic E-state index is 5.71. The molecule has 0 saturated heterocycles. The molecule has 1 rings (SSSR count). The van der Waals surface area contributed by atoms with Crippen molar-refractivity contribution in [2.45, 2.75) is 26.7 Å². The van der Waals surface area contributed by atoms with E-state index < -0.39 is 0 Å². The Kier molecular flexibility index (Phi) is 6.11. The van der Waals surface area contributed by atoms with Gasteiger partial charge in [0.15, 0.2) is 0 Å². The highest BCUT2D eigenvalue weighted by Gasteiger charge is 2.00. The number of halogens is 1. The summed E-state index contributed by atoms with van der Waals surface area (Å²) in [5, 5.41) is 3.49. The van der Waals surface area contributed by atoms with Crippen molar-refractivity contribution in [2.75, 3.05) is 25.1 Å². The maximum atomic E-state index is 5.71. The van der Waals surface area contributed by atoms with E-state index in [4.69, 9.17) is 16.3 Å². The highest BCUT2D eigenvalue weighted by Crippen LogP contribution is 2.12. The van der Waals surface area contributed by atoms with Crippen LogP contribution in [0.2, 0.25) is 5.28 Å². The van der Waals surface area contributed by atoms with Crippen LogP contribution in [0.1, 0.15) is 25.3 Å². The molecule has 4 nitrogen and oxygen atoms in total. The Hall–Kier alpha value is -0.870. The molecule has 5 heteroatoms. The predicted molar refractivity (Wildman–Crippen MR) is 66.0 cm³/mol. The first-order valence-electron chi connectivity index (χ1n) is 5.54. The van der Waals surface area contributed by atoms with Gasteiger partial charge in [0.2, 0.25) is 5.28 Å². The van der Waals surface area contributed by atoms with Crippen LogP contribution in [-0.4, -0.2) is 29.7 Å². The number of hydrogen-bond donors (Lipinski definition) is 1. The molecule has 16 heavy (non-hydrogen) atoms. The maximum Gasteiger partial charge on any atom is 0.224 e. The van der Waals surface area contributed by atoms with Gasteiger partial charge in [0.1, 0.15) is 5.82 Å². The summed E-state index contributed by atoms with van der Waals surface area (Å²) in [4.78, 5) is 8.01. The quantitative estimate of drug-likeness (QED) is 0.591. The van der Waals surface area contributed by atoms with Gasteiger partial charge in [0.05, 0.1) is 0 Å². The monoisotopic (exact) mass is 243 g/mol. The number of hydrogen-bond acceptors (Lipinski definition) is 4. The Morgan fingerprint density at radius 3 is 3.00 bits per heavy atom. The smallest absolute Gasteiger partial charge is 0.224 e. The second-order valence-corrected chi connectivity index (χ2v) is 3.90. The first kappa shape index (κ1) is 13.2. The molecule has 0 aliphatic rings. The minimum Gasteiger partial charge on any atom is -0.381 e. The van der Waals surface area contributed by atoms with E-state index in [1.165, 1.54) is 0 Å². The Bertz CT molecular complexity index is 320. The van der Waals surface area contributed by atoms with Crippen LogP contribution in [0.25, 0.3) is 0 Å². The molecule has 1 N–H and O–H groups in total. The summed E-state index contributed by atoms with van der Waals surface area (Å²) in [5.41, 5.74) is 0.999. The SMILES string of the molecule is CCCOCCCNc1nc(Cl)ncc1C. The predicted octanol–water partition coefficient (Wildman–Crippen LogP) is 2.67. The Labute approximate surface area is 101 Å². The number of ether oxygens (including phenoxy) is 1. The molecule has 90 valence electrons. The minimum absolute atomic E-state index is 0.273. The molecule has 0 fully saturated rings. The summed E-state index contributed by atoms with van der Waals surface area (Å²) in [5.74, 6) is 0.801. The van der Waals surface area contributed by atoms with Crippen LogP contribution >= 0.6 is 11.6 Å². The minimum atomic E-state index is 0.273. The molecular weight excluding hydrogens is 226 g/mol. The van der Waals surface area contributed by atoms with Gasteiger partial charge in [-0.2, -0.15) is 0 Å². The van der Waals surface area contributed by atoms with Crippen molar-refractivity contribution in [3.63, 3.8) is 0 Å². The van der Waals surface area contributed by atoms with Crippen LogP contribution in [0, 0.1) is 6.92 Å². The van der Waals surface area contributed by atoms with E-state index in [9.17, 15) is 0 Å². The standard InChI is InChI=1S/C11H18ClN3O/c1-3-6-16-7-4-5-13-10-9(2)8-14-11(12)15-10/h8H,3-7H2,1-2H3,(H,13,14,15). The van der Waals surface area contributed by atoms with Gasteiger partial charge in [-0.3, -0.25) is 0 Å². The molecule has 0 spiro atoms. The lowest BCUT2D eigenvalue weighted by Gasteiger charge is -2.08. The number of rotatable bonds is 7. The van der Waals surface area contributed by atoms with Crippen molar-refractivity contribution in [1.29, 1.82) is 0 Å². The topological polar surface area (TPSA) is 47.0 Å². The molecule has 1 aromatic heterocycles. The third-order valence-corrected chi connectivity index (χ3v) is 2.23. The van der Waals surface area contributed by atoms with Crippen molar-refractivity contribution >= 4 is 17.4 Å². The number of aromatic nitrogens is 2. The molecule has 0 unspecified atom stereocenters. The van der Waals surface area contributed by atoms with Crippen LogP contribution in [0.3, 0.4) is 0 Å². The normalized spacial score (nSPS) is 10.4. The second kappa shape index (κ2) is 7.41. The third-order valence-electron chi connectivity index (χ3n) is 2.05. The van der Waals surface area contributed by atoms with Gasteiger partial charge in [-0.05, 0) is 31.4 Å². The van der Waals surface area contributed by atoms with E-state index in [0.717, 1.165) is 44.0 Å². The van der Waals surface area contributed by atoms with Crippen molar-refractivity contribution in [2.24, 2.45) is 0 Å². The van der Waals surface area contributed by atoms with Crippen molar-refractivity contribution in [3.05, 3.63) is 17.0 Å². The molecule has 0 bridgehead atoms. The van der Waals surface area contributed by atoms with Crippen molar-refractivity contribution < 1.29 is 4.74 Å². The highest BCUT2D eigenvalue weighted by atomic mass is 35.5. The second-order valence-electron chi connectivity index (χ2n) is 3.56. The number of nitrogens with zero attached hydrogens (tertiary/aromatic N) is 2. The first-order chi connectivity index (χ1) is 7.74. The summed E-state index contributed by atoms with van der Waals surface area (Å²) >= 11 is 5.71. The van der Waals surface area contributed by atoms with E-state index in [2.05, 4.69) is 22.2 Å². The third kappa shape index (κ3) is 4.77. The van der Waals surface area contributed by atoms with Crippen LogP contribution in [0.4, 0.5) is 5.82 Å². The van der Waals surface area contributed by atoms with Crippen LogP contribution in [0.15, 0.2) is 6.20 Å². The van der Waals surface area contributed by atoms with Gasteiger partial charge in [-0.1, -0.05) is 6.92 Å².